The molecule has 2 aromatic rings. The van der Waals surface area contributed by atoms with Gasteiger partial charge < -0.3 is 4.74 Å². The van der Waals surface area contributed by atoms with E-state index in [4.69, 9.17) is 27.9 Å². The maximum Gasteiger partial charge on any atom is 0.274 e. The second kappa shape index (κ2) is 9.76. The van der Waals surface area contributed by atoms with E-state index < -0.39 is 41.9 Å². The summed E-state index contributed by atoms with van der Waals surface area (Å²) < 4.78 is 5.12. The molecule has 7 nitrogen and oxygen atoms in total. The van der Waals surface area contributed by atoms with Crippen molar-refractivity contribution in [3.05, 3.63) is 63.6 Å². The van der Waals surface area contributed by atoms with Crippen molar-refractivity contribution in [3.8, 4) is 5.75 Å². The van der Waals surface area contributed by atoms with Crippen molar-refractivity contribution in [3.63, 3.8) is 0 Å². The topological polar surface area (TPSA) is 84.0 Å². The molecule has 0 spiro atoms. The highest BCUT2D eigenvalue weighted by Gasteiger charge is 2.53. The van der Waals surface area contributed by atoms with Gasteiger partial charge in [-0.25, -0.2) is 5.01 Å². The smallest absolute Gasteiger partial charge is 0.274 e. The van der Waals surface area contributed by atoms with Gasteiger partial charge in [-0.05, 0) is 67.6 Å². The first-order valence-corrected chi connectivity index (χ1v) is 11.8. The molecule has 2 aromatic carbocycles. The van der Waals surface area contributed by atoms with Gasteiger partial charge in [0.15, 0.2) is 5.78 Å². The number of ether oxygens (including phenoxy) is 1. The molecule has 4 rings (SSSR count). The number of halogens is 2. The summed E-state index contributed by atoms with van der Waals surface area (Å²) in [5.41, 5.74) is 0.350. The standard InChI is InChI=1S/C25H24Cl2N2O5/c1-14-3-9-18-20(11-14)25(33)29(24(18)32)28(23(31)19-10-6-16(26)12-21(19)27)13-22(30)15-4-7-17(34-2)8-5-15/h4-8,10,12,14,18,20H,3,9,11,13H2,1-2H3/t14-,18-,20+/m1/s1. The van der Waals surface area contributed by atoms with E-state index in [2.05, 4.69) is 0 Å². The van der Waals surface area contributed by atoms with E-state index in [1.54, 1.807) is 24.3 Å². The quantitative estimate of drug-likeness (QED) is 0.423. The van der Waals surface area contributed by atoms with E-state index in [1.165, 1.54) is 25.3 Å². The summed E-state index contributed by atoms with van der Waals surface area (Å²) in [5, 5.41) is 2.18. The molecular weight excluding hydrogens is 479 g/mol. The molecule has 0 N–H and O–H groups in total. The van der Waals surface area contributed by atoms with E-state index in [1.807, 2.05) is 6.92 Å². The Morgan fingerprint density at radius 2 is 1.71 bits per heavy atom. The molecule has 3 amide bonds. The van der Waals surface area contributed by atoms with E-state index >= 15 is 0 Å². The molecule has 0 aromatic heterocycles. The van der Waals surface area contributed by atoms with Gasteiger partial charge >= 0.3 is 0 Å². The summed E-state index contributed by atoms with van der Waals surface area (Å²) in [4.78, 5) is 53.3. The number of hydrogen-bond donors (Lipinski definition) is 0. The Balaban J connectivity index is 1.70. The van der Waals surface area contributed by atoms with Gasteiger partial charge in [0.25, 0.3) is 17.7 Å². The van der Waals surface area contributed by atoms with Crippen LogP contribution in [0.3, 0.4) is 0 Å². The third-order valence-electron chi connectivity index (χ3n) is 6.51. The second-order valence-electron chi connectivity index (χ2n) is 8.76. The zero-order chi connectivity index (χ0) is 24.6. The Labute approximate surface area is 207 Å². The lowest BCUT2D eigenvalue weighted by atomic mass is 9.76. The van der Waals surface area contributed by atoms with Crippen molar-refractivity contribution in [2.24, 2.45) is 17.8 Å². The highest BCUT2D eigenvalue weighted by Crippen LogP contribution is 2.41. The first-order chi connectivity index (χ1) is 16.2. The lowest BCUT2D eigenvalue weighted by Gasteiger charge is -2.30. The first-order valence-electron chi connectivity index (χ1n) is 11.0. The number of methoxy groups -OCH3 is 1. The summed E-state index contributed by atoms with van der Waals surface area (Å²) in [6.45, 7) is 1.54. The number of carbonyl (C=O) groups is 4. The van der Waals surface area contributed by atoms with Crippen LogP contribution in [0.25, 0.3) is 0 Å². The van der Waals surface area contributed by atoms with Crippen LogP contribution in [-0.4, -0.2) is 47.2 Å². The summed E-state index contributed by atoms with van der Waals surface area (Å²) in [7, 11) is 1.51. The minimum Gasteiger partial charge on any atom is -0.497 e. The van der Waals surface area contributed by atoms with Crippen LogP contribution in [0, 0.1) is 17.8 Å². The third kappa shape index (κ3) is 4.55. The summed E-state index contributed by atoms with van der Waals surface area (Å²) >= 11 is 12.2. The zero-order valence-electron chi connectivity index (χ0n) is 18.8. The van der Waals surface area contributed by atoms with Gasteiger partial charge in [-0.3, -0.25) is 19.2 Å². The highest BCUT2D eigenvalue weighted by molar-refractivity contribution is 6.36. The van der Waals surface area contributed by atoms with Crippen molar-refractivity contribution in [1.82, 2.24) is 10.0 Å². The van der Waals surface area contributed by atoms with Crippen LogP contribution in [0.1, 0.15) is 46.9 Å². The number of fused-ring (bicyclic) bond motifs is 1. The van der Waals surface area contributed by atoms with Gasteiger partial charge in [-0.15, -0.1) is 0 Å². The predicted octanol–water partition coefficient (Wildman–Crippen LogP) is 4.66. The molecule has 1 aliphatic heterocycles. The molecule has 3 atom stereocenters. The molecule has 178 valence electrons. The van der Waals surface area contributed by atoms with Gasteiger partial charge in [0.1, 0.15) is 12.3 Å². The van der Waals surface area contributed by atoms with Crippen LogP contribution in [0.5, 0.6) is 5.75 Å². The molecule has 0 unspecified atom stereocenters. The van der Waals surface area contributed by atoms with Crippen LogP contribution in [0.2, 0.25) is 10.0 Å². The number of hydrogen-bond acceptors (Lipinski definition) is 5. The maximum absolute atomic E-state index is 13.6. The molecule has 1 heterocycles. The fourth-order valence-corrected chi connectivity index (χ4v) is 5.14. The summed E-state index contributed by atoms with van der Waals surface area (Å²) in [6.07, 6.45) is 1.97. The average molecular weight is 503 g/mol. The Morgan fingerprint density at radius 3 is 2.35 bits per heavy atom. The Bertz CT molecular complexity index is 1150. The van der Waals surface area contributed by atoms with Gasteiger partial charge in [-0.1, -0.05) is 30.1 Å². The van der Waals surface area contributed by atoms with Gasteiger partial charge in [0.2, 0.25) is 0 Å². The predicted molar refractivity (Wildman–Crippen MR) is 127 cm³/mol. The van der Waals surface area contributed by atoms with Crippen LogP contribution in [0.15, 0.2) is 42.5 Å². The molecule has 0 bridgehead atoms. The highest BCUT2D eigenvalue weighted by atomic mass is 35.5. The molecule has 1 saturated carbocycles. The third-order valence-corrected chi connectivity index (χ3v) is 7.05. The number of benzene rings is 2. The van der Waals surface area contributed by atoms with Crippen molar-refractivity contribution >= 4 is 46.7 Å². The van der Waals surface area contributed by atoms with E-state index in [0.29, 0.717) is 35.1 Å². The largest absolute Gasteiger partial charge is 0.497 e. The first kappa shape index (κ1) is 24.2. The van der Waals surface area contributed by atoms with Crippen molar-refractivity contribution in [2.45, 2.75) is 26.2 Å². The minimum atomic E-state index is -0.725. The fraction of sp³-hybridized carbons (Fsp3) is 0.360. The Morgan fingerprint density at radius 1 is 1.03 bits per heavy atom. The average Bonchev–Trinajstić information content (AvgIpc) is 3.06. The molecule has 0 radical (unpaired) electrons. The van der Waals surface area contributed by atoms with Crippen LogP contribution in [0.4, 0.5) is 0 Å². The van der Waals surface area contributed by atoms with Gasteiger partial charge in [0, 0.05) is 10.6 Å². The van der Waals surface area contributed by atoms with Gasteiger partial charge in [0.05, 0.1) is 29.5 Å². The number of rotatable bonds is 6. The van der Waals surface area contributed by atoms with E-state index in [9.17, 15) is 19.2 Å². The van der Waals surface area contributed by atoms with Crippen molar-refractivity contribution in [1.29, 1.82) is 0 Å². The normalized spacial score (nSPS) is 21.9. The number of ketones is 1. The number of Topliss-reactive ketones (excluding diaryl/α,β-unsaturated/α-hetero) is 1. The number of hydrazine groups is 1. The second-order valence-corrected chi connectivity index (χ2v) is 9.60. The van der Waals surface area contributed by atoms with Crippen LogP contribution in [-0.2, 0) is 9.59 Å². The van der Waals surface area contributed by atoms with Crippen LogP contribution >= 0.6 is 23.2 Å². The molecule has 1 aliphatic carbocycles. The zero-order valence-corrected chi connectivity index (χ0v) is 20.3. The molecule has 9 heteroatoms. The number of nitrogens with zero attached hydrogens (tertiary/aromatic N) is 2. The Kier molecular flexibility index (Phi) is 6.96. The summed E-state index contributed by atoms with van der Waals surface area (Å²) in [6, 6.07) is 10.7. The lowest BCUT2D eigenvalue weighted by molar-refractivity contribution is -0.154. The van der Waals surface area contributed by atoms with Crippen molar-refractivity contribution in [2.75, 3.05) is 13.7 Å². The maximum atomic E-state index is 13.6. The Hall–Kier alpha value is -2.90. The molecule has 2 fully saturated rings. The monoisotopic (exact) mass is 502 g/mol. The number of amides is 3. The van der Waals surface area contributed by atoms with Crippen LogP contribution < -0.4 is 4.74 Å². The molecular formula is C25H24Cl2N2O5. The van der Waals surface area contributed by atoms with E-state index in [-0.39, 0.29) is 10.6 Å². The van der Waals surface area contributed by atoms with Gasteiger partial charge in [-0.2, -0.15) is 5.01 Å². The molecule has 34 heavy (non-hydrogen) atoms. The molecule has 2 aliphatic rings. The number of imide groups is 1. The summed E-state index contributed by atoms with van der Waals surface area (Å²) in [5.74, 6) is -2.19. The minimum absolute atomic E-state index is 0.0393. The number of carbonyl (C=O) groups excluding carboxylic acids is 4. The fourth-order valence-electron chi connectivity index (χ4n) is 4.65. The molecule has 1 saturated heterocycles. The SMILES string of the molecule is COc1ccc(C(=O)CN(C(=O)c2ccc(Cl)cc2Cl)N2C(=O)[C@H]3C[C@H](C)CC[C@H]3C2=O)cc1. The van der Waals surface area contributed by atoms with Crippen molar-refractivity contribution < 1.29 is 23.9 Å². The van der Waals surface area contributed by atoms with E-state index in [0.717, 1.165) is 16.4 Å². The lowest BCUT2D eigenvalue weighted by Crippen LogP contribution is -2.52.